The van der Waals surface area contributed by atoms with E-state index in [-0.39, 0.29) is 6.04 Å². The third kappa shape index (κ3) is 5.59. The zero-order valence-electron chi connectivity index (χ0n) is 17.2. The van der Waals surface area contributed by atoms with Gasteiger partial charge in [-0.05, 0) is 31.5 Å². The third-order valence-electron chi connectivity index (χ3n) is 4.95. The van der Waals surface area contributed by atoms with Crippen LogP contribution in [0, 0.1) is 6.92 Å². The minimum absolute atomic E-state index is 0.122. The van der Waals surface area contributed by atoms with Crippen molar-refractivity contribution in [2.45, 2.75) is 26.4 Å². The van der Waals surface area contributed by atoms with Gasteiger partial charge in [0.05, 0.1) is 25.8 Å². The second-order valence-corrected chi connectivity index (χ2v) is 7.15. The Balaban J connectivity index is 1.75. The fourth-order valence-corrected chi connectivity index (χ4v) is 3.48. The van der Waals surface area contributed by atoms with Crippen LogP contribution in [0.3, 0.4) is 0 Å². The molecule has 0 spiro atoms. The summed E-state index contributed by atoms with van der Waals surface area (Å²) in [6.07, 6.45) is 0. The highest BCUT2D eigenvalue weighted by atomic mass is 16.5. The summed E-state index contributed by atoms with van der Waals surface area (Å²) in [7, 11) is 2.08. The van der Waals surface area contributed by atoms with Gasteiger partial charge in [-0.2, -0.15) is 0 Å². The maximum Gasteiger partial charge on any atom is 0.194 e. The van der Waals surface area contributed by atoms with E-state index in [9.17, 15) is 0 Å². The lowest BCUT2D eigenvalue weighted by molar-refractivity contribution is 0.0135. The Morgan fingerprint density at radius 1 is 1.18 bits per heavy atom. The zero-order chi connectivity index (χ0) is 19.8. The molecular weight excluding hydrogens is 352 g/mol. The first-order valence-electron chi connectivity index (χ1n) is 10.1. The van der Waals surface area contributed by atoms with Crippen molar-refractivity contribution in [3.05, 3.63) is 59.5 Å². The topological polar surface area (TPSA) is 53.2 Å². The van der Waals surface area contributed by atoms with E-state index in [1.54, 1.807) is 0 Å². The predicted octanol–water partition coefficient (Wildman–Crippen LogP) is 3.06. The molecule has 1 atom stereocenters. The van der Waals surface area contributed by atoms with Gasteiger partial charge in [0, 0.05) is 33.2 Å². The van der Waals surface area contributed by atoms with Gasteiger partial charge in [-0.15, -0.1) is 0 Å². The van der Waals surface area contributed by atoms with Gasteiger partial charge in [-0.1, -0.05) is 30.3 Å². The molecule has 1 N–H and O–H groups in total. The normalized spacial score (nSPS) is 16.8. The molecule has 1 aromatic carbocycles. The number of nitrogens with one attached hydrogen (secondary N) is 1. The summed E-state index contributed by atoms with van der Waals surface area (Å²) in [5.74, 6) is 2.82. The van der Waals surface area contributed by atoms with E-state index in [0.29, 0.717) is 6.54 Å². The standard InChI is InChI=1S/C22H32N4O2/c1-4-23-22(25(3)17-19-8-6-5-7-9-19)24-16-20(21-11-10-18(2)28-21)26-12-14-27-15-13-26/h5-11,20H,4,12-17H2,1-3H3,(H,23,24). The zero-order valence-corrected chi connectivity index (χ0v) is 17.2. The number of hydrogen-bond donors (Lipinski definition) is 1. The molecule has 1 aliphatic heterocycles. The summed E-state index contributed by atoms with van der Waals surface area (Å²) >= 11 is 0. The van der Waals surface area contributed by atoms with Crippen LogP contribution in [0.25, 0.3) is 0 Å². The second kappa shape index (κ2) is 10.3. The van der Waals surface area contributed by atoms with Crippen LogP contribution >= 0.6 is 0 Å². The first-order chi connectivity index (χ1) is 13.7. The van der Waals surface area contributed by atoms with Crippen molar-refractivity contribution in [2.24, 2.45) is 4.99 Å². The molecule has 1 aromatic heterocycles. The third-order valence-corrected chi connectivity index (χ3v) is 4.95. The summed E-state index contributed by atoms with van der Waals surface area (Å²) in [5.41, 5.74) is 1.27. The lowest BCUT2D eigenvalue weighted by Gasteiger charge is -2.33. The Morgan fingerprint density at radius 2 is 1.93 bits per heavy atom. The predicted molar refractivity (Wildman–Crippen MR) is 112 cm³/mol. The van der Waals surface area contributed by atoms with Gasteiger partial charge in [0.15, 0.2) is 5.96 Å². The molecule has 28 heavy (non-hydrogen) atoms. The van der Waals surface area contributed by atoms with Gasteiger partial charge in [0.2, 0.25) is 0 Å². The van der Waals surface area contributed by atoms with E-state index in [2.05, 4.69) is 59.4 Å². The van der Waals surface area contributed by atoms with Crippen molar-refractivity contribution in [1.29, 1.82) is 0 Å². The number of benzene rings is 1. The summed E-state index contributed by atoms with van der Waals surface area (Å²) in [5, 5.41) is 3.42. The number of furan rings is 1. The number of ether oxygens (including phenoxy) is 1. The van der Waals surface area contributed by atoms with Crippen LogP contribution < -0.4 is 5.32 Å². The van der Waals surface area contributed by atoms with Crippen LogP contribution in [0.5, 0.6) is 0 Å². The van der Waals surface area contributed by atoms with Gasteiger partial charge < -0.3 is 19.4 Å². The molecule has 1 fully saturated rings. The lowest BCUT2D eigenvalue weighted by atomic mass is 10.1. The second-order valence-electron chi connectivity index (χ2n) is 7.15. The molecule has 1 saturated heterocycles. The molecule has 2 aromatic rings. The molecule has 0 aliphatic carbocycles. The van der Waals surface area contributed by atoms with E-state index in [0.717, 1.165) is 56.9 Å². The summed E-state index contributed by atoms with van der Waals surface area (Å²) in [6.45, 7) is 9.69. The minimum atomic E-state index is 0.122. The highest BCUT2D eigenvalue weighted by molar-refractivity contribution is 5.79. The van der Waals surface area contributed by atoms with Crippen LogP contribution in [-0.2, 0) is 11.3 Å². The van der Waals surface area contributed by atoms with Gasteiger partial charge in [0.1, 0.15) is 11.5 Å². The van der Waals surface area contributed by atoms with Crippen molar-refractivity contribution in [3.8, 4) is 0 Å². The monoisotopic (exact) mass is 384 g/mol. The molecule has 0 amide bonds. The van der Waals surface area contributed by atoms with Crippen LogP contribution in [0.15, 0.2) is 51.9 Å². The molecule has 6 nitrogen and oxygen atoms in total. The fraction of sp³-hybridized carbons (Fsp3) is 0.500. The van der Waals surface area contributed by atoms with E-state index in [4.69, 9.17) is 14.1 Å². The Morgan fingerprint density at radius 3 is 2.57 bits per heavy atom. The van der Waals surface area contributed by atoms with E-state index >= 15 is 0 Å². The Bertz CT molecular complexity index is 738. The van der Waals surface area contributed by atoms with Crippen molar-refractivity contribution in [1.82, 2.24) is 15.1 Å². The maximum atomic E-state index is 5.96. The number of morpholine rings is 1. The number of nitrogens with zero attached hydrogens (tertiary/aromatic N) is 3. The quantitative estimate of drug-likeness (QED) is 0.587. The van der Waals surface area contributed by atoms with Crippen molar-refractivity contribution in [2.75, 3.05) is 46.4 Å². The van der Waals surface area contributed by atoms with E-state index in [1.807, 2.05) is 19.1 Å². The summed E-state index contributed by atoms with van der Waals surface area (Å²) in [4.78, 5) is 9.54. The van der Waals surface area contributed by atoms with Crippen LogP contribution in [-0.4, -0.2) is 62.2 Å². The number of rotatable bonds is 7. The van der Waals surface area contributed by atoms with Gasteiger partial charge in [-0.25, -0.2) is 0 Å². The maximum absolute atomic E-state index is 5.96. The molecule has 152 valence electrons. The smallest absolute Gasteiger partial charge is 0.194 e. The Labute approximate surface area is 168 Å². The largest absolute Gasteiger partial charge is 0.465 e. The molecule has 2 heterocycles. The van der Waals surface area contributed by atoms with Crippen molar-refractivity contribution < 1.29 is 9.15 Å². The number of aliphatic imine (C=N–C) groups is 1. The van der Waals surface area contributed by atoms with Crippen molar-refractivity contribution >= 4 is 5.96 Å². The molecule has 0 bridgehead atoms. The number of guanidine groups is 1. The molecular formula is C22H32N4O2. The van der Waals surface area contributed by atoms with Crippen LogP contribution in [0.1, 0.15) is 30.0 Å². The molecule has 0 saturated carbocycles. The lowest BCUT2D eigenvalue weighted by Crippen LogP contribution is -2.42. The molecule has 3 rings (SSSR count). The molecule has 1 aliphatic rings. The molecule has 0 radical (unpaired) electrons. The Kier molecular flexibility index (Phi) is 7.51. The number of hydrogen-bond acceptors (Lipinski definition) is 4. The summed E-state index contributed by atoms with van der Waals surface area (Å²) in [6, 6.07) is 14.7. The van der Waals surface area contributed by atoms with Crippen molar-refractivity contribution in [3.63, 3.8) is 0 Å². The highest BCUT2D eigenvalue weighted by Crippen LogP contribution is 2.24. The first kappa shape index (κ1) is 20.4. The average Bonchev–Trinajstić information content (AvgIpc) is 3.15. The Hall–Kier alpha value is -2.31. The minimum Gasteiger partial charge on any atom is -0.465 e. The summed E-state index contributed by atoms with van der Waals surface area (Å²) < 4.78 is 11.5. The van der Waals surface area contributed by atoms with E-state index in [1.165, 1.54) is 5.56 Å². The van der Waals surface area contributed by atoms with Gasteiger partial charge >= 0.3 is 0 Å². The first-order valence-corrected chi connectivity index (χ1v) is 10.1. The average molecular weight is 385 g/mol. The SMILES string of the molecule is CCNC(=NCC(c1ccc(C)o1)N1CCOCC1)N(C)Cc1ccccc1. The molecule has 1 unspecified atom stereocenters. The van der Waals surface area contributed by atoms with Gasteiger partial charge in [0.25, 0.3) is 0 Å². The van der Waals surface area contributed by atoms with Crippen LogP contribution in [0.4, 0.5) is 0 Å². The van der Waals surface area contributed by atoms with E-state index < -0.39 is 0 Å². The van der Waals surface area contributed by atoms with Gasteiger partial charge in [-0.3, -0.25) is 9.89 Å². The highest BCUT2D eigenvalue weighted by Gasteiger charge is 2.25. The molecule has 6 heteroatoms. The number of aryl methyl sites for hydroxylation is 1. The van der Waals surface area contributed by atoms with Crippen LogP contribution in [0.2, 0.25) is 0 Å². The fourth-order valence-electron chi connectivity index (χ4n) is 3.48.